The van der Waals surface area contributed by atoms with E-state index in [-0.39, 0.29) is 42.6 Å². The fraction of sp³-hybridized carbons (Fsp3) is 0.391. The SMILES string of the molecule is Cc1ccc(C(=O)NC2CCN(C(=O)CCCN3C(=O)c4ccccc4C3=O)CC2)o1. The van der Waals surface area contributed by atoms with Crippen LogP contribution in [0.3, 0.4) is 0 Å². The van der Waals surface area contributed by atoms with Gasteiger partial charge in [0, 0.05) is 32.1 Å². The van der Waals surface area contributed by atoms with E-state index in [2.05, 4.69) is 5.32 Å². The van der Waals surface area contributed by atoms with E-state index in [1.165, 1.54) is 4.90 Å². The fourth-order valence-electron chi connectivity index (χ4n) is 4.08. The lowest BCUT2D eigenvalue weighted by molar-refractivity contribution is -0.132. The molecule has 31 heavy (non-hydrogen) atoms. The summed E-state index contributed by atoms with van der Waals surface area (Å²) in [5.74, 6) is 0.158. The maximum Gasteiger partial charge on any atom is 0.287 e. The third-order valence-electron chi connectivity index (χ3n) is 5.80. The zero-order chi connectivity index (χ0) is 22.0. The molecule has 1 aromatic heterocycles. The molecule has 0 unspecified atom stereocenters. The molecule has 0 bridgehead atoms. The fourth-order valence-corrected chi connectivity index (χ4v) is 4.08. The second-order valence-corrected chi connectivity index (χ2v) is 7.95. The Labute approximate surface area is 180 Å². The number of rotatable bonds is 6. The number of imide groups is 1. The molecule has 0 aliphatic carbocycles. The third kappa shape index (κ3) is 4.38. The normalized spacial score (nSPS) is 16.5. The van der Waals surface area contributed by atoms with Crippen LogP contribution < -0.4 is 5.32 Å². The molecule has 1 fully saturated rings. The molecule has 8 heteroatoms. The highest BCUT2D eigenvalue weighted by Gasteiger charge is 2.34. The van der Waals surface area contributed by atoms with E-state index in [0.29, 0.717) is 55.0 Å². The Kier molecular flexibility index (Phi) is 5.88. The van der Waals surface area contributed by atoms with E-state index >= 15 is 0 Å². The van der Waals surface area contributed by atoms with Gasteiger partial charge in [-0.25, -0.2) is 0 Å². The second kappa shape index (κ2) is 8.75. The summed E-state index contributed by atoms with van der Waals surface area (Å²) in [7, 11) is 0. The van der Waals surface area contributed by atoms with Crippen molar-refractivity contribution in [3.8, 4) is 0 Å². The molecule has 0 atom stereocenters. The molecule has 0 saturated carbocycles. The molecule has 2 aliphatic rings. The van der Waals surface area contributed by atoms with Crippen molar-refractivity contribution in [3.05, 3.63) is 59.0 Å². The zero-order valence-electron chi connectivity index (χ0n) is 17.4. The summed E-state index contributed by atoms with van der Waals surface area (Å²) in [5.41, 5.74) is 0.848. The minimum atomic E-state index is -0.295. The molecule has 0 radical (unpaired) electrons. The van der Waals surface area contributed by atoms with Gasteiger partial charge in [0.15, 0.2) is 5.76 Å². The molecule has 8 nitrogen and oxygen atoms in total. The van der Waals surface area contributed by atoms with Crippen LogP contribution in [0.2, 0.25) is 0 Å². The first-order valence-corrected chi connectivity index (χ1v) is 10.5. The standard InChI is InChI=1S/C23H25N3O5/c1-15-8-9-19(31-15)21(28)24-16-10-13-25(14-11-16)20(27)7-4-12-26-22(29)17-5-2-3-6-18(17)23(26)30/h2-3,5-6,8-9,16H,4,7,10-14H2,1H3,(H,24,28). The van der Waals surface area contributed by atoms with Crippen molar-refractivity contribution in [2.24, 2.45) is 0 Å². The zero-order valence-corrected chi connectivity index (χ0v) is 17.4. The van der Waals surface area contributed by atoms with Crippen LogP contribution >= 0.6 is 0 Å². The lowest BCUT2D eigenvalue weighted by Gasteiger charge is -2.32. The smallest absolute Gasteiger partial charge is 0.287 e. The first-order chi connectivity index (χ1) is 14.9. The van der Waals surface area contributed by atoms with E-state index in [1.807, 2.05) is 0 Å². The van der Waals surface area contributed by atoms with Crippen molar-refractivity contribution < 1.29 is 23.6 Å². The van der Waals surface area contributed by atoms with Gasteiger partial charge in [0.25, 0.3) is 17.7 Å². The number of nitrogens with one attached hydrogen (secondary N) is 1. The summed E-state index contributed by atoms with van der Waals surface area (Å²) in [6.07, 6.45) is 2.06. The van der Waals surface area contributed by atoms with Crippen molar-refractivity contribution in [2.75, 3.05) is 19.6 Å². The Morgan fingerprint density at radius 3 is 2.26 bits per heavy atom. The number of carbonyl (C=O) groups is 4. The highest BCUT2D eigenvalue weighted by Crippen LogP contribution is 2.23. The maximum absolute atomic E-state index is 12.5. The monoisotopic (exact) mass is 423 g/mol. The minimum absolute atomic E-state index is 0.000281. The number of amides is 4. The number of hydrogen-bond acceptors (Lipinski definition) is 5. The maximum atomic E-state index is 12.5. The van der Waals surface area contributed by atoms with Crippen molar-refractivity contribution in [3.63, 3.8) is 0 Å². The molecular weight excluding hydrogens is 398 g/mol. The van der Waals surface area contributed by atoms with Crippen LogP contribution in [-0.2, 0) is 4.79 Å². The predicted molar refractivity (Wildman–Crippen MR) is 112 cm³/mol. The minimum Gasteiger partial charge on any atom is -0.456 e. The van der Waals surface area contributed by atoms with Gasteiger partial charge >= 0.3 is 0 Å². The van der Waals surface area contributed by atoms with Gasteiger partial charge in [0.05, 0.1) is 11.1 Å². The lowest BCUT2D eigenvalue weighted by atomic mass is 10.0. The first kappa shape index (κ1) is 20.8. The topological polar surface area (TPSA) is 99.9 Å². The van der Waals surface area contributed by atoms with E-state index in [0.717, 1.165) is 0 Å². The average molecular weight is 423 g/mol. The summed E-state index contributed by atoms with van der Waals surface area (Å²) in [6.45, 7) is 3.14. The van der Waals surface area contributed by atoms with Crippen LogP contribution in [0, 0.1) is 6.92 Å². The number of hydrogen-bond donors (Lipinski definition) is 1. The molecule has 162 valence electrons. The Balaban J connectivity index is 1.20. The number of benzene rings is 1. The molecule has 4 rings (SSSR count). The Hall–Kier alpha value is -3.42. The number of nitrogens with zero attached hydrogens (tertiary/aromatic N) is 2. The number of aryl methyl sites for hydroxylation is 1. The van der Waals surface area contributed by atoms with E-state index in [9.17, 15) is 19.2 Å². The molecular formula is C23H25N3O5. The van der Waals surface area contributed by atoms with Crippen LogP contribution in [0.25, 0.3) is 0 Å². The van der Waals surface area contributed by atoms with Crippen molar-refractivity contribution in [1.29, 1.82) is 0 Å². The van der Waals surface area contributed by atoms with Gasteiger partial charge in [-0.05, 0) is 50.5 Å². The number of piperidine rings is 1. The Morgan fingerprint density at radius 1 is 1.03 bits per heavy atom. The number of furan rings is 1. The molecule has 2 aliphatic heterocycles. The van der Waals surface area contributed by atoms with Gasteiger partial charge in [0.2, 0.25) is 5.91 Å². The molecule has 1 aromatic carbocycles. The molecule has 2 aromatic rings. The summed E-state index contributed by atoms with van der Waals surface area (Å²) < 4.78 is 5.34. The largest absolute Gasteiger partial charge is 0.456 e. The lowest BCUT2D eigenvalue weighted by Crippen LogP contribution is -2.46. The molecule has 1 N–H and O–H groups in total. The van der Waals surface area contributed by atoms with Crippen LogP contribution in [-0.4, -0.2) is 59.1 Å². The second-order valence-electron chi connectivity index (χ2n) is 7.95. The summed E-state index contributed by atoms with van der Waals surface area (Å²) in [5, 5.41) is 2.95. The van der Waals surface area contributed by atoms with Crippen LogP contribution in [0.5, 0.6) is 0 Å². The highest BCUT2D eigenvalue weighted by atomic mass is 16.3. The predicted octanol–water partition coefficient (Wildman–Crippen LogP) is 2.39. The Morgan fingerprint density at radius 2 is 1.68 bits per heavy atom. The van der Waals surface area contributed by atoms with Gasteiger partial charge in [-0.3, -0.25) is 24.1 Å². The van der Waals surface area contributed by atoms with E-state index in [1.54, 1.807) is 48.2 Å². The number of fused-ring (bicyclic) bond motifs is 1. The van der Waals surface area contributed by atoms with Gasteiger partial charge in [-0.2, -0.15) is 0 Å². The molecule has 4 amide bonds. The summed E-state index contributed by atoms with van der Waals surface area (Å²) >= 11 is 0. The van der Waals surface area contributed by atoms with Gasteiger partial charge in [-0.1, -0.05) is 12.1 Å². The van der Waals surface area contributed by atoms with Gasteiger partial charge in [-0.15, -0.1) is 0 Å². The van der Waals surface area contributed by atoms with Gasteiger partial charge < -0.3 is 14.6 Å². The average Bonchev–Trinajstić information content (AvgIpc) is 3.31. The number of carbonyl (C=O) groups excluding carboxylic acids is 4. The summed E-state index contributed by atoms with van der Waals surface area (Å²) in [6, 6.07) is 10.2. The first-order valence-electron chi connectivity index (χ1n) is 10.5. The van der Waals surface area contributed by atoms with Crippen LogP contribution in [0.4, 0.5) is 0 Å². The number of likely N-dealkylation sites (tertiary alicyclic amines) is 1. The van der Waals surface area contributed by atoms with Crippen molar-refractivity contribution in [1.82, 2.24) is 15.1 Å². The third-order valence-corrected chi connectivity index (χ3v) is 5.80. The van der Waals surface area contributed by atoms with E-state index in [4.69, 9.17) is 4.42 Å². The van der Waals surface area contributed by atoms with Crippen LogP contribution in [0.15, 0.2) is 40.8 Å². The van der Waals surface area contributed by atoms with Crippen molar-refractivity contribution >= 4 is 23.6 Å². The highest BCUT2D eigenvalue weighted by molar-refractivity contribution is 6.21. The van der Waals surface area contributed by atoms with Crippen molar-refractivity contribution in [2.45, 2.75) is 38.6 Å². The Bertz CT molecular complexity index is 985. The molecule has 3 heterocycles. The van der Waals surface area contributed by atoms with Gasteiger partial charge in [0.1, 0.15) is 5.76 Å². The molecule has 0 spiro atoms. The van der Waals surface area contributed by atoms with Crippen LogP contribution in [0.1, 0.15) is 62.7 Å². The summed E-state index contributed by atoms with van der Waals surface area (Å²) in [4.78, 5) is 52.5. The molecule has 1 saturated heterocycles. The van der Waals surface area contributed by atoms with E-state index < -0.39 is 0 Å². The quantitative estimate of drug-likeness (QED) is 0.719.